The average Bonchev–Trinajstić information content (AvgIpc) is 2.97. The molecule has 2 amide bonds. The Morgan fingerprint density at radius 2 is 1.81 bits per heavy atom. The van der Waals surface area contributed by atoms with Gasteiger partial charge < -0.3 is 5.32 Å². The molecule has 0 spiro atoms. The first-order valence-electron chi connectivity index (χ1n) is 7.81. The van der Waals surface area contributed by atoms with E-state index in [2.05, 4.69) is 5.32 Å². The molecule has 3 rings (SSSR count). The van der Waals surface area contributed by atoms with Crippen molar-refractivity contribution in [2.75, 3.05) is 10.2 Å². The van der Waals surface area contributed by atoms with Crippen LogP contribution in [0.15, 0.2) is 48.5 Å². The molecule has 1 unspecified atom stereocenters. The van der Waals surface area contributed by atoms with Crippen molar-refractivity contribution >= 4 is 23.2 Å². The lowest BCUT2D eigenvalue weighted by molar-refractivity contribution is -0.137. The quantitative estimate of drug-likeness (QED) is 0.836. The molecule has 1 aliphatic heterocycles. The molecule has 1 aliphatic rings. The second-order valence-electron chi connectivity index (χ2n) is 5.86. The normalized spacial score (nSPS) is 17.5. The summed E-state index contributed by atoms with van der Waals surface area (Å²) in [5.41, 5.74) is -0.533. The van der Waals surface area contributed by atoms with Gasteiger partial charge in [0.2, 0.25) is 11.8 Å². The standard InChI is InChI=1S/C18H14F4N2O2/c19-12-4-6-14(7-5-12)24-15(8-9-16(24)25)17(26)23-13-3-1-2-11(10-13)18(20,21)22/h1-7,10,15H,8-9H2,(H,23,26). The summed E-state index contributed by atoms with van der Waals surface area (Å²) < 4.78 is 51.4. The third-order valence-electron chi connectivity index (χ3n) is 4.08. The van der Waals surface area contributed by atoms with Crippen LogP contribution in [-0.2, 0) is 15.8 Å². The van der Waals surface area contributed by atoms with Gasteiger partial charge in [-0.15, -0.1) is 0 Å². The average molecular weight is 366 g/mol. The number of amides is 2. The van der Waals surface area contributed by atoms with Gasteiger partial charge in [-0.2, -0.15) is 13.2 Å². The number of nitrogens with zero attached hydrogens (tertiary/aromatic N) is 1. The molecule has 26 heavy (non-hydrogen) atoms. The fraction of sp³-hybridized carbons (Fsp3) is 0.222. The van der Waals surface area contributed by atoms with E-state index in [4.69, 9.17) is 0 Å². The minimum atomic E-state index is -4.52. The molecule has 136 valence electrons. The molecule has 4 nitrogen and oxygen atoms in total. The van der Waals surface area contributed by atoms with Gasteiger partial charge in [0.25, 0.3) is 0 Å². The highest BCUT2D eigenvalue weighted by Crippen LogP contribution is 2.31. The summed E-state index contributed by atoms with van der Waals surface area (Å²) in [6.45, 7) is 0. The molecule has 2 aromatic rings. The molecular formula is C18H14F4N2O2. The van der Waals surface area contributed by atoms with Crippen LogP contribution in [0.25, 0.3) is 0 Å². The van der Waals surface area contributed by atoms with Gasteiger partial charge in [0, 0.05) is 17.8 Å². The maximum absolute atomic E-state index is 13.1. The third kappa shape index (κ3) is 3.68. The maximum Gasteiger partial charge on any atom is 0.416 e. The molecule has 0 saturated carbocycles. The number of carbonyl (C=O) groups excluding carboxylic acids is 2. The number of anilines is 2. The first kappa shape index (κ1) is 17.9. The predicted octanol–water partition coefficient (Wildman–Crippen LogP) is 3.98. The highest BCUT2D eigenvalue weighted by Gasteiger charge is 2.37. The highest BCUT2D eigenvalue weighted by molar-refractivity contribution is 6.07. The number of benzene rings is 2. The van der Waals surface area contributed by atoms with Crippen LogP contribution in [0, 0.1) is 5.82 Å². The zero-order valence-electron chi connectivity index (χ0n) is 13.4. The summed E-state index contributed by atoms with van der Waals surface area (Å²) in [7, 11) is 0. The van der Waals surface area contributed by atoms with Crippen molar-refractivity contribution in [3.05, 3.63) is 59.9 Å². The van der Waals surface area contributed by atoms with Crippen molar-refractivity contribution in [2.45, 2.75) is 25.1 Å². The minimum absolute atomic E-state index is 0.0109. The SMILES string of the molecule is O=C(Nc1cccc(C(F)(F)F)c1)C1CCC(=O)N1c1ccc(F)cc1. The van der Waals surface area contributed by atoms with E-state index in [-0.39, 0.29) is 24.4 Å². The van der Waals surface area contributed by atoms with Crippen LogP contribution < -0.4 is 10.2 Å². The van der Waals surface area contributed by atoms with E-state index >= 15 is 0 Å². The van der Waals surface area contributed by atoms with Gasteiger partial charge in [0.15, 0.2) is 0 Å². The largest absolute Gasteiger partial charge is 0.416 e. The Balaban J connectivity index is 1.80. The van der Waals surface area contributed by atoms with E-state index in [0.29, 0.717) is 5.69 Å². The van der Waals surface area contributed by atoms with Gasteiger partial charge in [-0.1, -0.05) is 6.07 Å². The molecule has 0 bridgehead atoms. The van der Waals surface area contributed by atoms with Gasteiger partial charge in [-0.05, 0) is 48.9 Å². The number of rotatable bonds is 3. The monoisotopic (exact) mass is 366 g/mol. The first-order valence-corrected chi connectivity index (χ1v) is 7.81. The molecule has 1 fully saturated rings. The number of hydrogen-bond acceptors (Lipinski definition) is 2. The number of alkyl halides is 3. The Labute approximate surface area is 146 Å². The van der Waals surface area contributed by atoms with E-state index < -0.39 is 29.5 Å². The zero-order chi connectivity index (χ0) is 18.9. The summed E-state index contributed by atoms with van der Waals surface area (Å²) in [6.07, 6.45) is -4.18. The molecule has 8 heteroatoms. The van der Waals surface area contributed by atoms with Crippen LogP contribution >= 0.6 is 0 Å². The minimum Gasteiger partial charge on any atom is -0.324 e. The zero-order valence-corrected chi connectivity index (χ0v) is 13.4. The Hall–Kier alpha value is -2.90. The summed E-state index contributed by atoms with van der Waals surface area (Å²) in [5.74, 6) is -1.38. The Morgan fingerprint density at radius 1 is 1.12 bits per heavy atom. The fourth-order valence-corrected chi connectivity index (χ4v) is 2.86. The van der Waals surface area contributed by atoms with Crippen LogP contribution in [0.4, 0.5) is 28.9 Å². The van der Waals surface area contributed by atoms with E-state index in [1.165, 1.54) is 41.3 Å². The molecular weight excluding hydrogens is 352 g/mol. The molecule has 2 aromatic carbocycles. The molecule has 0 radical (unpaired) electrons. The maximum atomic E-state index is 13.1. The Bertz CT molecular complexity index is 834. The second kappa shape index (κ2) is 6.78. The summed E-state index contributed by atoms with van der Waals surface area (Å²) >= 11 is 0. The summed E-state index contributed by atoms with van der Waals surface area (Å²) in [6, 6.07) is 8.48. The summed E-state index contributed by atoms with van der Waals surface area (Å²) in [4.78, 5) is 25.9. The third-order valence-corrected chi connectivity index (χ3v) is 4.08. The van der Waals surface area contributed by atoms with E-state index in [1.807, 2.05) is 0 Å². The van der Waals surface area contributed by atoms with Gasteiger partial charge in [0.1, 0.15) is 11.9 Å². The van der Waals surface area contributed by atoms with E-state index in [0.717, 1.165) is 12.1 Å². The highest BCUT2D eigenvalue weighted by atomic mass is 19.4. The number of nitrogens with one attached hydrogen (secondary N) is 1. The lowest BCUT2D eigenvalue weighted by atomic mass is 10.1. The fourth-order valence-electron chi connectivity index (χ4n) is 2.86. The number of halogens is 4. The predicted molar refractivity (Wildman–Crippen MR) is 87.0 cm³/mol. The number of carbonyl (C=O) groups is 2. The molecule has 0 aromatic heterocycles. The Morgan fingerprint density at radius 3 is 2.46 bits per heavy atom. The molecule has 0 aliphatic carbocycles. The first-order chi connectivity index (χ1) is 12.3. The van der Waals surface area contributed by atoms with Crippen LogP contribution in [-0.4, -0.2) is 17.9 Å². The van der Waals surface area contributed by atoms with E-state index in [1.54, 1.807) is 0 Å². The topological polar surface area (TPSA) is 49.4 Å². The lowest BCUT2D eigenvalue weighted by Crippen LogP contribution is -2.41. The van der Waals surface area contributed by atoms with Crippen LogP contribution in [0.3, 0.4) is 0 Å². The molecule has 1 atom stereocenters. The second-order valence-corrected chi connectivity index (χ2v) is 5.86. The van der Waals surface area contributed by atoms with Crippen molar-refractivity contribution in [1.29, 1.82) is 0 Å². The van der Waals surface area contributed by atoms with Crippen molar-refractivity contribution in [3.8, 4) is 0 Å². The van der Waals surface area contributed by atoms with Crippen LogP contribution in [0.1, 0.15) is 18.4 Å². The molecule has 1 N–H and O–H groups in total. The smallest absolute Gasteiger partial charge is 0.324 e. The van der Waals surface area contributed by atoms with Gasteiger partial charge in [-0.25, -0.2) is 4.39 Å². The van der Waals surface area contributed by atoms with Crippen molar-refractivity contribution in [2.24, 2.45) is 0 Å². The van der Waals surface area contributed by atoms with Crippen LogP contribution in [0.5, 0.6) is 0 Å². The van der Waals surface area contributed by atoms with Gasteiger partial charge >= 0.3 is 6.18 Å². The van der Waals surface area contributed by atoms with Crippen molar-refractivity contribution in [1.82, 2.24) is 0 Å². The van der Waals surface area contributed by atoms with Gasteiger partial charge in [-0.3, -0.25) is 14.5 Å². The van der Waals surface area contributed by atoms with Crippen molar-refractivity contribution in [3.63, 3.8) is 0 Å². The Kier molecular flexibility index (Phi) is 4.67. The van der Waals surface area contributed by atoms with Gasteiger partial charge in [0.05, 0.1) is 5.56 Å². The van der Waals surface area contributed by atoms with Crippen LogP contribution in [0.2, 0.25) is 0 Å². The number of hydrogen-bond donors (Lipinski definition) is 1. The molecule has 1 saturated heterocycles. The lowest BCUT2D eigenvalue weighted by Gasteiger charge is -2.24. The van der Waals surface area contributed by atoms with Crippen molar-refractivity contribution < 1.29 is 27.2 Å². The molecule has 1 heterocycles. The van der Waals surface area contributed by atoms with E-state index in [9.17, 15) is 27.2 Å². The summed E-state index contributed by atoms with van der Waals surface area (Å²) in [5, 5.41) is 2.42.